The highest BCUT2D eigenvalue weighted by Crippen LogP contribution is 2.21. The number of amides is 1. The highest BCUT2D eigenvalue weighted by Gasteiger charge is 2.22. The first-order valence-corrected chi connectivity index (χ1v) is 8.01. The van der Waals surface area contributed by atoms with E-state index in [0.717, 1.165) is 5.56 Å². The van der Waals surface area contributed by atoms with Gasteiger partial charge in [0.1, 0.15) is 11.5 Å². The molecule has 25 heavy (non-hydrogen) atoms. The van der Waals surface area contributed by atoms with Crippen LogP contribution in [0.25, 0.3) is 0 Å². The number of aromatic nitrogens is 1. The summed E-state index contributed by atoms with van der Waals surface area (Å²) >= 11 is 0. The summed E-state index contributed by atoms with van der Waals surface area (Å²) in [4.78, 5) is 23.7. The molecule has 2 aromatic rings. The van der Waals surface area contributed by atoms with E-state index in [4.69, 9.17) is 9.26 Å². The smallest absolute Gasteiger partial charge is 0.308 e. The number of carbonyl (C=O) groups excluding carboxylic acids is 1. The molecule has 1 amide bonds. The van der Waals surface area contributed by atoms with Crippen molar-refractivity contribution in [1.82, 2.24) is 10.5 Å². The number of hydrogen-bond acceptors (Lipinski definition) is 5. The van der Waals surface area contributed by atoms with Crippen LogP contribution < -0.4 is 10.1 Å². The third-order valence-electron chi connectivity index (χ3n) is 3.85. The van der Waals surface area contributed by atoms with E-state index in [2.05, 4.69) is 10.5 Å². The summed E-state index contributed by atoms with van der Waals surface area (Å²) in [7, 11) is 1.53. The Labute approximate surface area is 146 Å². The number of rotatable bonds is 8. The Hall–Kier alpha value is -2.83. The average molecular weight is 346 g/mol. The number of methoxy groups -OCH3 is 1. The first-order valence-electron chi connectivity index (χ1n) is 8.01. The molecule has 1 heterocycles. The van der Waals surface area contributed by atoms with Crippen LogP contribution in [0, 0.1) is 5.92 Å². The molecular weight excluding hydrogens is 324 g/mol. The molecule has 0 aliphatic carbocycles. The molecule has 2 rings (SSSR count). The number of hydrogen-bond donors (Lipinski definition) is 2. The Morgan fingerprint density at radius 1 is 1.32 bits per heavy atom. The van der Waals surface area contributed by atoms with E-state index in [-0.39, 0.29) is 24.6 Å². The van der Waals surface area contributed by atoms with Crippen molar-refractivity contribution < 1.29 is 24.0 Å². The number of nitrogens with one attached hydrogen (secondary N) is 1. The summed E-state index contributed by atoms with van der Waals surface area (Å²) in [5.74, 6) is -0.883. The lowest BCUT2D eigenvalue weighted by Crippen LogP contribution is -2.34. The molecule has 0 saturated heterocycles. The maximum Gasteiger partial charge on any atom is 0.308 e. The number of carboxylic acids is 1. The number of aliphatic carboxylic acids is 1. The molecule has 0 saturated carbocycles. The Morgan fingerprint density at radius 2 is 2.04 bits per heavy atom. The zero-order valence-corrected chi connectivity index (χ0v) is 14.5. The van der Waals surface area contributed by atoms with E-state index in [1.54, 1.807) is 12.1 Å². The second kappa shape index (κ2) is 8.32. The maximum atomic E-state index is 12.1. The van der Waals surface area contributed by atoms with Crippen molar-refractivity contribution in [1.29, 1.82) is 0 Å². The molecule has 7 heteroatoms. The van der Waals surface area contributed by atoms with E-state index in [1.807, 2.05) is 32.0 Å². The van der Waals surface area contributed by atoms with Crippen molar-refractivity contribution in [2.75, 3.05) is 13.7 Å². The molecule has 0 bridgehead atoms. The van der Waals surface area contributed by atoms with Crippen molar-refractivity contribution >= 4 is 11.9 Å². The number of nitrogens with zero attached hydrogens (tertiary/aromatic N) is 1. The van der Waals surface area contributed by atoms with Gasteiger partial charge in [0.05, 0.1) is 13.0 Å². The van der Waals surface area contributed by atoms with Crippen LogP contribution in [-0.2, 0) is 11.2 Å². The lowest BCUT2D eigenvalue weighted by Gasteiger charge is -2.15. The second-order valence-electron chi connectivity index (χ2n) is 6.03. The topological polar surface area (TPSA) is 102 Å². The maximum absolute atomic E-state index is 12.1. The Morgan fingerprint density at radius 3 is 2.64 bits per heavy atom. The van der Waals surface area contributed by atoms with Crippen molar-refractivity contribution in [3.05, 3.63) is 47.3 Å². The summed E-state index contributed by atoms with van der Waals surface area (Å²) in [5.41, 5.74) is 0.917. The van der Waals surface area contributed by atoms with E-state index >= 15 is 0 Å². The first kappa shape index (κ1) is 18.5. The fourth-order valence-corrected chi connectivity index (χ4v) is 2.36. The molecule has 1 aromatic carbocycles. The summed E-state index contributed by atoms with van der Waals surface area (Å²) in [6.07, 6.45) is 0.246. The predicted octanol–water partition coefficient (Wildman–Crippen LogP) is 2.48. The van der Waals surface area contributed by atoms with Gasteiger partial charge in [0.2, 0.25) is 0 Å². The second-order valence-corrected chi connectivity index (χ2v) is 6.03. The largest absolute Gasteiger partial charge is 0.496 e. The molecule has 0 aliphatic rings. The molecule has 1 aromatic heterocycles. The van der Waals surface area contributed by atoms with Crippen molar-refractivity contribution in [3.63, 3.8) is 0 Å². The number of carboxylic acid groups (broad SMARTS) is 1. The molecule has 1 atom stereocenters. The number of carbonyl (C=O) groups is 2. The van der Waals surface area contributed by atoms with E-state index in [9.17, 15) is 14.7 Å². The van der Waals surface area contributed by atoms with Crippen LogP contribution in [0.4, 0.5) is 0 Å². The van der Waals surface area contributed by atoms with Gasteiger partial charge in [-0.25, -0.2) is 0 Å². The monoisotopic (exact) mass is 346 g/mol. The third kappa shape index (κ3) is 4.82. The minimum Gasteiger partial charge on any atom is -0.496 e. The standard InChI is InChI=1S/C18H22N2O5/c1-11(2)16-9-14(20-25-16)17(21)19-10-13(18(22)23)8-12-6-4-5-7-15(12)24-3/h4-7,9,11,13H,8,10H2,1-3H3,(H,19,21)(H,22,23). The van der Waals surface area contributed by atoms with Crippen LogP contribution in [0.2, 0.25) is 0 Å². The Balaban J connectivity index is 2.01. The lowest BCUT2D eigenvalue weighted by atomic mass is 9.98. The molecule has 134 valence electrons. The van der Waals surface area contributed by atoms with Crippen LogP contribution >= 0.6 is 0 Å². The number of para-hydroxylation sites is 1. The minimum absolute atomic E-state index is 0.0178. The van der Waals surface area contributed by atoms with Gasteiger partial charge in [-0.05, 0) is 18.1 Å². The third-order valence-corrected chi connectivity index (χ3v) is 3.85. The Bertz CT molecular complexity index is 739. The predicted molar refractivity (Wildman–Crippen MR) is 90.7 cm³/mol. The van der Waals surface area contributed by atoms with E-state index < -0.39 is 17.8 Å². The van der Waals surface area contributed by atoms with E-state index in [1.165, 1.54) is 7.11 Å². The van der Waals surface area contributed by atoms with Crippen LogP contribution in [-0.4, -0.2) is 35.8 Å². The average Bonchev–Trinajstić information content (AvgIpc) is 3.08. The SMILES string of the molecule is COc1ccccc1CC(CNC(=O)c1cc(C(C)C)on1)C(=O)O. The van der Waals surface area contributed by atoms with Crippen LogP contribution in [0.3, 0.4) is 0 Å². The fourth-order valence-electron chi connectivity index (χ4n) is 2.36. The summed E-state index contributed by atoms with van der Waals surface area (Å²) in [6.45, 7) is 3.84. The van der Waals surface area contributed by atoms with Gasteiger partial charge in [-0.3, -0.25) is 9.59 Å². The molecule has 0 aliphatic heterocycles. The van der Waals surface area contributed by atoms with Gasteiger partial charge >= 0.3 is 5.97 Å². The van der Waals surface area contributed by atoms with Gasteiger partial charge in [-0.15, -0.1) is 0 Å². The molecule has 1 unspecified atom stereocenters. The van der Waals surface area contributed by atoms with Crippen LogP contribution in [0.5, 0.6) is 5.75 Å². The number of ether oxygens (including phenoxy) is 1. The van der Waals surface area contributed by atoms with Crippen LogP contribution in [0.1, 0.15) is 41.6 Å². The normalized spacial score (nSPS) is 12.0. The Kier molecular flexibility index (Phi) is 6.16. The van der Waals surface area contributed by atoms with Gasteiger partial charge in [0.15, 0.2) is 5.69 Å². The van der Waals surface area contributed by atoms with E-state index in [0.29, 0.717) is 11.5 Å². The van der Waals surface area contributed by atoms with Gasteiger partial charge in [0.25, 0.3) is 5.91 Å². The molecular formula is C18H22N2O5. The molecule has 0 fully saturated rings. The first-order chi connectivity index (χ1) is 11.9. The summed E-state index contributed by atoms with van der Waals surface area (Å²) in [6, 6.07) is 8.78. The zero-order chi connectivity index (χ0) is 18.4. The van der Waals surface area contributed by atoms with Gasteiger partial charge in [0, 0.05) is 18.5 Å². The highest BCUT2D eigenvalue weighted by atomic mass is 16.5. The quantitative estimate of drug-likeness (QED) is 0.761. The molecule has 2 N–H and O–H groups in total. The lowest BCUT2D eigenvalue weighted by molar-refractivity contribution is -0.141. The van der Waals surface area contributed by atoms with Crippen molar-refractivity contribution in [3.8, 4) is 5.75 Å². The molecule has 7 nitrogen and oxygen atoms in total. The molecule has 0 spiro atoms. The molecule has 0 radical (unpaired) electrons. The minimum atomic E-state index is -0.991. The zero-order valence-electron chi connectivity index (χ0n) is 14.5. The van der Waals surface area contributed by atoms with Crippen LogP contribution in [0.15, 0.2) is 34.9 Å². The van der Waals surface area contributed by atoms with Crippen molar-refractivity contribution in [2.24, 2.45) is 5.92 Å². The highest BCUT2D eigenvalue weighted by molar-refractivity contribution is 5.92. The number of benzene rings is 1. The van der Waals surface area contributed by atoms with Gasteiger partial charge < -0.3 is 19.7 Å². The van der Waals surface area contributed by atoms with Gasteiger partial charge in [-0.1, -0.05) is 37.2 Å². The summed E-state index contributed by atoms with van der Waals surface area (Å²) < 4.78 is 10.3. The van der Waals surface area contributed by atoms with Gasteiger partial charge in [-0.2, -0.15) is 0 Å². The fraction of sp³-hybridized carbons (Fsp3) is 0.389. The van der Waals surface area contributed by atoms with Crippen molar-refractivity contribution in [2.45, 2.75) is 26.2 Å². The summed E-state index contributed by atoms with van der Waals surface area (Å²) in [5, 5.41) is 15.8.